The monoisotopic (exact) mass is 314 g/mol. The number of hydrogen-bond donors (Lipinski definition) is 1. The van der Waals surface area contributed by atoms with Crippen LogP contribution in [0, 0.1) is 0 Å². The topological polar surface area (TPSA) is 49.4 Å². The van der Waals surface area contributed by atoms with Crippen molar-refractivity contribution < 1.29 is 21.6 Å². The Kier molecular flexibility index (Phi) is 4.96. The highest BCUT2D eigenvalue weighted by Gasteiger charge is 2.45. The van der Waals surface area contributed by atoms with Crippen LogP contribution in [0.3, 0.4) is 0 Å². The van der Waals surface area contributed by atoms with Crippen LogP contribution in [0.4, 0.5) is 13.2 Å². The van der Waals surface area contributed by atoms with Crippen LogP contribution >= 0.6 is 0 Å². The van der Waals surface area contributed by atoms with Gasteiger partial charge in [-0.3, -0.25) is 4.90 Å². The zero-order valence-electron chi connectivity index (χ0n) is 11.3. The lowest BCUT2D eigenvalue weighted by molar-refractivity contribution is -0.180. The summed E-state index contributed by atoms with van der Waals surface area (Å²) in [5.74, 6) is 0.112. The lowest BCUT2D eigenvalue weighted by Crippen LogP contribution is -2.53. The van der Waals surface area contributed by atoms with E-state index in [1.807, 2.05) is 0 Å². The number of rotatable bonds is 2. The summed E-state index contributed by atoms with van der Waals surface area (Å²) in [6.07, 6.45) is -1.82. The molecule has 0 aromatic carbocycles. The third-order valence-electron chi connectivity index (χ3n) is 4.11. The Morgan fingerprint density at radius 3 is 2.60 bits per heavy atom. The average Bonchev–Trinajstić information content (AvgIpc) is 2.56. The highest BCUT2D eigenvalue weighted by molar-refractivity contribution is 7.92. The van der Waals surface area contributed by atoms with E-state index in [1.54, 1.807) is 0 Å². The van der Waals surface area contributed by atoms with Gasteiger partial charge in [-0.1, -0.05) is 6.42 Å². The zero-order valence-corrected chi connectivity index (χ0v) is 12.1. The largest absolute Gasteiger partial charge is 0.405 e. The van der Waals surface area contributed by atoms with E-state index in [4.69, 9.17) is 0 Å². The molecule has 0 spiro atoms. The highest BCUT2D eigenvalue weighted by Crippen LogP contribution is 2.28. The second-order valence-electron chi connectivity index (χ2n) is 5.59. The molecule has 0 bridgehead atoms. The summed E-state index contributed by atoms with van der Waals surface area (Å²) < 4.78 is 63.2. The molecular weight excluding hydrogens is 293 g/mol. The molecule has 0 radical (unpaired) electrons. The minimum Gasteiger partial charge on any atom is -0.315 e. The van der Waals surface area contributed by atoms with Crippen LogP contribution in [0.25, 0.3) is 0 Å². The third-order valence-corrected chi connectivity index (χ3v) is 6.36. The standard InChI is InChI=1S/C12H21F3N2O2S/c13-12(14,15)11-8-16-5-3-6-17(11)9-10-4-1-2-7-20(10,18)19/h10-11,16H,1-9H2. The Bertz CT molecular complexity index is 425. The predicted molar refractivity (Wildman–Crippen MR) is 70.3 cm³/mol. The lowest BCUT2D eigenvalue weighted by Gasteiger charge is -2.34. The van der Waals surface area contributed by atoms with Gasteiger partial charge in [-0.2, -0.15) is 13.2 Å². The summed E-state index contributed by atoms with van der Waals surface area (Å²) in [7, 11) is -3.23. The van der Waals surface area contributed by atoms with Gasteiger partial charge in [0.2, 0.25) is 0 Å². The summed E-state index contributed by atoms with van der Waals surface area (Å²) >= 11 is 0. The summed E-state index contributed by atoms with van der Waals surface area (Å²) in [5.41, 5.74) is 0. The zero-order chi connectivity index (χ0) is 14.8. The Balaban J connectivity index is 2.11. The molecule has 2 unspecified atom stereocenters. The Labute approximate surface area is 117 Å². The Morgan fingerprint density at radius 1 is 1.20 bits per heavy atom. The molecule has 2 atom stereocenters. The van der Waals surface area contributed by atoms with Crippen molar-refractivity contribution in [3.63, 3.8) is 0 Å². The Hall–Kier alpha value is -0.340. The molecule has 20 heavy (non-hydrogen) atoms. The van der Waals surface area contributed by atoms with Crippen LogP contribution in [0.2, 0.25) is 0 Å². The van der Waals surface area contributed by atoms with Crippen molar-refractivity contribution in [3.05, 3.63) is 0 Å². The van der Waals surface area contributed by atoms with Crippen molar-refractivity contribution in [2.45, 2.75) is 43.2 Å². The highest BCUT2D eigenvalue weighted by atomic mass is 32.2. The van der Waals surface area contributed by atoms with Gasteiger partial charge >= 0.3 is 6.18 Å². The minimum atomic E-state index is -4.32. The summed E-state index contributed by atoms with van der Waals surface area (Å²) in [6, 6.07) is -1.58. The Morgan fingerprint density at radius 2 is 1.95 bits per heavy atom. The third kappa shape index (κ3) is 3.85. The molecule has 8 heteroatoms. The molecule has 118 valence electrons. The van der Waals surface area contributed by atoms with Crippen LogP contribution in [-0.2, 0) is 9.84 Å². The van der Waals surface area contributed by atoms with Crippen LogP contribution < -0.4 is 5.32 Å². The lowest BCUT2D eigenvalue weighted by atomic mass is 10.1. The number of nitrogens with one attached hydrogen (secondary N) is 1. The van der Waals surface area contributed by atoms with Crippen LogP contribution in [0.15, 0.2) is 0 Å². The van der Waals surface area contributed by atoms with Crippen molar-refractivity contribution >= 4 is 9.84 Å². The normalized spacial score (nSPS) is 32.8. The molecule has 0 saturated carbocycles. The maximum atomic E-state index is 13.1. The molecule has 0 aromatic heterocycles. The molecule has 0 aromatic rings. The smallest absolute Gasteiger partial charge is 0.315 e. The molecule has 2 heterocycles. The van der Waals surface area contributed by atoms with Crippen molar-refractivity contribution in [2.24, 2.45) is 0 Å². The van der Waals surface area contributed by atoms with Crippen molar-refractivity contribution in [3.8, 4) is 0 Å². The number of alkyl halides is 3. The maximum Gasteiger partial charge on any atom is 0.405 e. The van der Waals surface area contributed by atoms with E-state index in [0.717, 1.165) is 6.42 Å². The second kappa shape index (κ2) is 6.19. The van der Waals surface area contributed by atoms with E-state index >= 15 is 0 Å². The van der Waals surface area contributed by atoms with E-state index in [1.165, 1.54) is 4.90 Å². The summed E-state index contributed by atoms with van der Waals surface area (Å²) in [6.45, 7) is 0.689. The fourth-order valence-corrected chi connectivity index (χ4v) is 4.84. The number of sulfone groups is 1. The van der Waals surface area contributed by atoms with Crippen molar-refractivity contribution in [1.29, 1.82) is 0 Å². The van der Waals surface area contributed by atoms with Crippen LogP contribution in [0.5, 0.6) is 0 Å². The summed E-state index contributed by atoms with van der Waals surface area (Å²) in [5, 5.41) is 2.14. The van der Waals surface area contributed by atoms with Gasteiger partial charge in [-0.15, -0.1) is 0 Å². The van der Waals surface area contributed by atoms with Gasteiger partial charge in [-0.25, -0.2) is 8.42 Å². The van der Waals surface area contributed by atoms with Crippen LogP contribution in [0.1, 0.15) is 25.7 Å². The van der Waals surface area contributed by atoms with Crippen LogP contribution in [-0.4, -0.2) is 62.7 Å². The van der Waals surface area contributed by atoms with E-state index in [2.05, 4.69) is 5.32 Å². The first kappa shape index (κ1) is 16.0. The fraction of sp³-hybridized carbons (Fsp3) is 1.00. The predicted octanol–water partition coefficient (Wildman–Crippen LogP) is 1.18. The molecule has 1 N–H and O–H groups in total. The minimum absolute atomic E-state index is 0.00812. The molecule has 2 aliphatic heterocycles. The van der Waals surface area contributed by atoms with E-state index < -0.39 is 27.3 Å². The van der Waals surface area contributed by atoms with E-state index in [0.29, 0.717) is 32.4 Å². The number of halogens is 3. The number of hydrogen-bond acceptors (Lipinski definition) is 4. The van der Waals surface area contributed by atoms with Gasteiger partial charge in [-0.05, 0) is 25.8 Å². The first-order valence-corrected chi connectivity index (χ1v) is 8.75. The van der Waals surface area contributed by atoms with Gasteiger partial charge < -0.3 is 5.32 Å². The summed E-state index contributed by atoms with van der Waals surface area (Å²) in [4.78, 5) is 1.31. The van der Waals surface area contributed by atoms with Gasteiger partial charge in [0.1, 0.15) is 6.04 Å². The molecule has 2 aliphatic rings. The molecule has 0 amide bonds. The molecule has 2 rings (SSSR count). The second-order valence-corrected chi connectivity index (χ2v) is 8.00. The van der Waals surface area contributed by atoms with Gasteiger partial charge in [0.15, 0.2) is 9.84 Å². The number of nitrogens with zero attached hydrogens (tertiary/aromatic N) is 1. The first-order valence-electron chi connectivity index (χ1n) is 7.04. The SMILES string of the molecule is O=S1(=O)CCCCC1CN1CCCNCC1C(F)(F)F. The fourth-order valence-electron chi connectivity index (χ4n) is 2.96. The van der Waals surface area contributed by atoms with Gasteiger partial charge in [0, 0.05) is 19.6 Å². The maximum absolute atomic E-state index is 13.1. The van der Waals surface area contributed by atoms with Crippen molar-refractivity contribution in [1.82, 2.24) is 10.2 Å². The molecule has 2 saturated heterocycles. The van der Waals surface area contributed by atoms with E-state index in [9.17, 15) is 21.6 Å². The quantitative estimate of drug-likeness (QED) is 0.831. The van der Waals surface area contributed by atoms with Gasteiger partial charge in [0.05, 0.1) is 11.0 Å². The molecule has 2 fully saturated rings. The van der Waals surface area contributed by atoms with Crippen molar-refractivity contribution in [2.75, 3.05) is 31.9 Å². The molecular formula is C12H21F3N2O2S. The van der Waals surface area contributed by atoms with E-state index in [-0.39, 0.29) is 18.8 Å². The first-order chi connectivity index (χ1) is 9.31. The molecule has 0 aliphatic carbocycles. The van der Waals surface area contributed by atoms with Gasteiger partial charge in [0.25, 0.3) is 0 Å². The molecule has 4 nitrogen and oxygen atoms in total. The average molecular weight is 314 g/mol.